The van der Waals surface area contributed by atoms with Gasteiger partial charge < -0.3 is 10.2 Å². The van der Waals surface area contributed by atoms with Crippen LogP contribution in [0, 0.1) is 18.7 Å². The molecule has 7 nitrogen and oxygen atoms in total. The van der Waals surface area contributed by atoms with Crippen LogP contribution >= 0.6 is 0 Å². The highest BCUT2D eigenvalue weighted by Gasteiger charge is 2.34. The molecule has 0 saturated heterocycles. The monoisotopic (exact) mass is 553 g/mol. The second-order valence-corrected chi connectivity index (χ2v) is 11.7. The zero-order valence-electron chi connectivity index (χ0n) is 22.8. The van der Waals surface area contributed by atoms with E-state index in [-0.39, 0.29) is 29.0 Å². The Morgan fingerprint density at radius 1 is 0.923 bits per heavy atom. The Kier molecular flexibility index (Phi) is 10.2. The maximum absolute atomic E-state index is 15.0. The lowest BCUT2D eigenvalue weighted by Crippen LogP contribution is -2.52. The number of para-hydroxylation sites is 1. The zero-order chi connectivity index (χ0) is 28.6. The molecule has 0 unspecified atom stereocenters. The van der Waals surface area contributed by atoms with Crippen molar-refractivity contribution in [2.45, 2.75) is 51.6 Å². The molecule has 0 aliphatic rings. The standard InChI is InChI=1S/C30H36FN3O4S/c1-5-27(30(36)32-19-22(2)3)33(20-24-17-15-23(4)16-18-24)29(35)21-34(28-14-10-9-13-26(28)31)39(37,38)25-11-7-6-8-12-25/h6-18,22,27H,5,19-21H2,1-4H3,(H,32,36)/t27-/m1/s1. The van der Waals surface area contributed by atoms with Gasteiger partial charge in [-0.1, -0.05) is 80.9 Å². The zero-order valence-corrected chi connectivity index (χ0v) is 23.6. The lowest BCUT2D eigenvalue weighted by atomic mass is 10.1. The van der Waals surface area contributed by atoms with Crippen LogP contribution in [0.5, 0.6) is 0 Å². The Morgan fingerprint density at radius 3 is 2.13 bits per heavy atom. The van der Waals surface area contributed by atoms with Gasteiger partial charge in [0.05, 0.1) is 10.6 Å². The predicted molar refractivity (Wildman–Crippen MR) is 151 cm³/mol. The number of carbonyl (C=O) groups excluding carboxylic acids is 2. The topological polar surface area (TPSA) is 86.8 Å². The van der Waals surface area contributed by atoms with Crippen LogP contribution in [0.2, 0.25) is 0 Å². The van der Waals surface area contributed by atoms with Crippen molar-refractivity contribution in [3.63, 3.8) is 0 Å². The van der Waals surface area contributed by atoms with E-state index >= 15 is 0 Å². The van der Waals surface area contributed by atoms with Gasteiger partial charge in [0.15, 0.2) is 0 Å². The minimum absolute atomic E-state index is 0.0761. The van der Waals surface area contributed by atoms with Crippen molar-refractivity contribution >= 4 is 27.5 Å². The average molecular weight is 554 g/mol. The van der Waals surface area contributed by atoms with Crippen LogP contribution in [0.25, 0.3) is 0 Å². The summed E-state index contributed by atoms with van der Waals surface area (Å²) in [4.78, 5) is 28.5. The van der Waals surface area contributed by atoms with Gasteiger partial charge >= 0.3 is 0 Å². The molecule has 1 atom stereocenters. The summed E-state index contributed by atoms with van der Waals surface area (Å²) in [6.45, 7) is 7.52. The fourth-order valence-electron chi connectivity index (χ4n) is 4.12. The van der Waals surface area contributed by atoms with Gasteiger partial charge in [-0.15, -0.1) is 0 Å². The van der Waals surface area contributed by atoms with E-state index in [2.05, 4.69) is 5.32 Å². The predicted octanol–water partition coefficient (Wildman–Crippen LogP) is 4.91. The smallest absolute Gasteiger partial charge is 0.264 e. The van der Waals surface area contributed by atoms with E-state index in [1.807, 2.05) is 45.0 Å². The van der Waals surface area contributed by atoms with Crippen molar-refractivity contribution in [1.82, 2.24) is 10.2 Å². The Hall–Kier alpha value is -3.72. The van der Waals surface area contributed by atoms with Crippen LogP contribution < -0.4 is 9.62 Å². The first-order valence-corrected chi connectivity index (χ1v) is 14.4. The molecule has 3 rings (SSSR count). The number of sulfonamides is 1. The highest BCUT2D eigenvalue weighted by Crippen LogP contribution is 2.27. The molecule has 2 amide bonds. The molecule has 3 aromatic carbocycles. The Balaban J connectivity index is 2.04. The van der Waals surface area contributed by atoms with Crippen molar-refractivity contribution in [2.24, 2.45) is 5.92 Å². The summed E-state index contributed by atoms with van der Waals surface area (Å²) in [6, 6.07) is 19.7. The summed E-state index contributed by atoms with van der Waals surface area (Å²) in [5.41, 5.74) is 1.58. The SMILES string of the molecule is CC[C@H](C(=O)NCC(C)C)N(Cc1ccc(C)cc1)C(=O)CN(c1ccccc1F)S(=O)(=O)c1ccccc1. The van der Waals surface area contributed by atoms with E-state index < -0.39 is 34.3 Å². The van der Waals surface area contributed by atoms with E-state index in [1.54, 1.807) is 25.1 Å². The van der Waals surface area contributed by atoms with Crippen LogP contribution in [0.4, 0.5) is 10.1 Å². The average Bonchev–Trinajstić information content (AvgIpc) is 2.92. The van der Waals surface area contributed by atoms with E-state index in [0.29, 0.717) is 13.0 Å². The molecule has 0 aliphatic carbocycles. The van der Waals surface area contributed by atoms with E-state index in [4.69, 9.17) is 0 Å². The lowest BCUT2D eigenvalue weighted by Gasteiger charge is -2.33. The molecule has 0 spiro atoms. The van der Waals surface area contributed by atoms with Crippen molar-refractivity contribution in [3.05, 3.63) is 95.8 Å². The van der Waals surface area contributed by atoms with E-state index in [9.17, 15) is 22.4 Å². The third-order valence-electron chi connectivity index (χ3n) is 6.28. The first-order chi connectivity index (χ1) is 18.5. The summed E-state index contributed by atoms with van der Waals surface area (Å²) in [7, 11) is -4.31. The fraction of sp³-hybridized carbons (Fsp3) is 0.333. The van der Waals surface area contributed by atoms with Crippen LogP contribution in [0.3, 0.4) is 0 Å². The minimum atomic E-state index is -4.31. The molecule has 0 bridgehead atoms. The number of nitrogens with zero attached hydrogens (tertiary/aromatic N) is 2. The molecule has 0 aliphatic heterocycles. The Morgan fingerprint density at radius 2 is 1.54 bits per heavy atom. The molecule has 0 saturated carbocycles. The second kappa shape index (κ2) is 13.4. The second-order valence-electron chi connectivity index (χ2n) is 9.85. The molecule has 0 fully saturated rings. The first-order valence-electron chi connectivity index (χ1n) is 13.0. The summed E-state index contributed by atoms with van der Waals surface area (Å²) >= 11 is 0. The number of halogens is 1. The number of hydrogen-bond acceptors (Lipinski definition) is 4. The first kappa shape index (κ1) is 29.8. The molecular weight excluding hydrogens is 517 g/mol. The quantitative estimate of drug-likeness (QED) is 0.345. The van der Waals surface area contributed by atoms with Gasteiger partial charge in [-0.05, 0) is 49.1 Å². The van der Waals surface area contributed by atoms with Crippen molar-refractivity contribution < 1.29 is 22.4 Å². The normalized spacial score (nSPS) is 12.2. The number of anilines is 1. The highest BCUT2D eigenvalue weighted by molar-refractivity contribution is 7.92. The van der Waals surface area contributed by atoms with Crippen molar-refractivity contribution in [2.75, 3.05) is 17.4 Å². The molecule has 1 N–H and O–H groups in total. The number of benzene rings is 3. The molecule has 39 heavy (non-hydrogen) atoms. The van der Waals surface area contributed by atoms with Gasteiger partial charge in [-0.25, -0.2) is 12.8 Å². The van der Waals surface area contributed by atoms with Gasteiger partial charge in [-0.3, -0.25) is 13.9 Å². The number of nitrogens with one attached hydrogen (secondary N) is 1. The summed E-state index contributed by atoms with van der Waals surface area (Å²) in [5, 5.41) is 2.89. The number of amides is 2. The fourth-order valence-corrected chi connectivity index (χ4v) is 5.56. The number of rotatable bonds is 12. The van der Waals surface area contributed by atoms with Gasteiger partial charge in [-0.2, -0.15) is 0 Å². The molecule has 9 heteroatoms. The Bertz CT molecular complexity index is 1360. The lowest BCUT2D eigenvalue weighted by molar-refractivity contribution is -0.140. The van der Waals surface area contributed by atoms with E-state index in [1.165, 1.54) is 35.2 Å². The van der Waals surface area contributed by atoms with Gasteiger partial charge in [0.1, 0.15) is 18.4 Å². The van der Waals surface area contributed by atoms with Crippen LogP contribution in [0.1, 0.15) is 38.3 Å². The van der Waals surface area contributed by atoms with Crippen LogP contribution in [-0.4, -0.2) is 44.3 Å². The van der Waals surface area contributed by atoms with Crippen LogP contribution in [0.15, 0.2) is 83.8 Å². The van der Waals surface area contributed by atoms with Gasteiger partial charge in [0.25, 0.3) is 10.0 Å². The molecule has 208 valence electrons. The number of aryl methyl sites for hydroxylation is 1. The minimum Gasteiger partial charge on any atom is -0.354 e. The summed E-state index contributed by atoms with van der Waals surface area (Å²) in [5.74, 6) is -1.52. The van der Waals surface area contributed by atoms with Gasteiger partial charge in [0, 0.05) is 13.1 Å². The third kappa shape index (κ3) is 7.66. The molecule has 0 aromatic heterocycles. The van der Waals surface area contributed by atoms with Gasteiger partial charge in [0.2, 0.25) is 11.8 Å². The molecule has 3 aromatic rings. The summed E-state index contributed by atoms with van der Waals surface area (Å²) in [6.07, 6.45) is 0.312. The number of hydrogen-bond donors (Lipinski definition) is 1. The third-order valence-corrected chi connectivity index (χ3v) is 8.05. The Labute approximate surface area is 230 Å². The molecule has 0 radical (unpaired) electrons. The van der Waals surface area contributed by atoms with Crippen molar-refractivity contribution in [1.29, 1.82) is 0 Å². The molecule has 0 heterocycles. The van der Waals surface area contributed by atoms with Crippen molar-refractivity contribution in [3.8, 4) is 0 Å². The molecular formula is C30H36FN3O4S. The van der Waals surface area contributed by atoms with E-state index in [0.717, 1.165) is 21.5 Å². The summed E-state index contributed by atoms with van der Waals surface area (Å²) < 4.78 is 43.1. The maximum atomic E-state index is 15.0. The number of carbonyl (C=O) groups is 2. The van der Waals surface area contributed by atoms with Crippen LogP contribution in [-0.2, 0) is 26.2 Å². The maximum Gasteiger partial charge on any atom is 0.264 e. The highest BCUT2D eigenvalue weighted by atomic mass is 32.2. The largest absolute Gasteiger partial charge is 0.354 e.